The van der Waals surface area contributed by atoms with Crippen molar-refractivity contribution in [2.45, 2.75) is 0 Å². The zero-order chi connectivity index (χ0) is 35.7. The van der Waals surface area contributed by atoms with Gasteiger partial charge in [0.2, 0.25) is 0 Å². The molecule has 0 saturated carbocycles. The quantitative estimate of drug-likeness (QED) is 0.203. The summed E-state index contributed by atoms with van der Waals surface area (Å²) in [4.78, 5) is 74.1. The summed E-state index contributed by atoms with van der Waals surface area (Å²) in [5.74, 6) is 0.118. The monoisotopic (exact) mass is 722 g/mol. The molecule has 0 aliphatic rings. The lowest BCUT2D eigenvalue weighted by atomic mass is 10.0. The second-order valence-corrected chi connectivity index (χ2v) is 12.7. The third kappa shape index (κ3) is 4.92. The molecule has 0 saturated heterocycles. The van der Waals surface area contributed by atoms with Crippen molar-refractivity contribution < 1.29 is 0 Å². The Morgan fingerprint density at radius 3 is 1.35 bits per heavy atom. The molecule has 6 heterocycles. The number of pyridine rings is 4. The second-order valence-electron chi connectivity index (χ2n) is 11.9. The fourth-order valence-electron chi connectivity index (χ4n) is 6.38. The predicted octanol–water partition coefficient (Wildman–Crippen LogP) is 6.20. The van der Waals surface area contributed by atoms with Crippen LogP contribution in [0.15, 0.2) is 129 Å². The molecule has 0 aliphatic heterocycles. The molecule has 12 nitrogen and oxygen atoms in total. The normalized spacial score (nSPS) is 11.6. The van der Waals surface area contributed by atoms with Crippen molar-refractivity contribution >= 4 is 66.8 Å². The standard InChI is InChI=1S/C38H20Cl2N8O4/c39-29-11-3-1-9-21(29)23-15-19-7-5-13-41-31(19)43-33(23)47-37(51)27-18-28-26(17-25(27)35(49)45-47)36(50)46-48(38(28)52)34-24(22-10-2-4-12-30(22)40)16-20-8-6-14-42-32(20)44-34/h1-18H,(H,45,49)(H,46,50). The molecule has 0 fully saturated rings. The van der Waals surface area contributed by atoms with E-state index in [0.29, 0.717) is 54.4 Å². The first-order chi connectivity index (χ1) is 25.3. The zero-order valence-electron chi connectivity index (χ0n) is 26.5. The van der Waals surface area contributed by atoms with E-state index in [1.165, 1.54) is 12.1 Å². The van der Waals surface area contributed by atoms with Crippen LogP contribution in [-0.2, 0) is 0 Å². The van der Waals surface area contributed by atoms with Crippen LogP contribution in [-0.4, -0.2) is 39.5 Å². The minimum absolute atomic E-state index is 0.0592. The van der Waals surface area contributed by atoms with E-state index < -0.39 is 22.2 Å². The van der Waals surface area contributed by atoms with Crippen LogP contribution < -0.4 is 22.2 Å². The Morgan fingerprint density at radius 2 is 0.904 bits per heavy atom. The van der Waals surface area contributed by atoms with Gasteiger partial charge in [-0.3, -0.25) is 29.4 Å². The van der Waals surface area contributed by atoms with Gasteiger partial charge < -0.3 is 0 Å². The number of nitrogens with zero attached hydrogens (tertiary/aromatic N) is 6. The summed E-state index contributed by atoms with van der Waals surface area (Å²) in [5, 5.41) is 6.90. The van der Waals surface area contributed by atoms with Gasteiger partial charge >= 0.3 is 0 Å². The van der Waals surface area contributed by atoms with E-state index in [4.69, 9.17) is 23.2 Å². The lowest BCUT2D eigenvalue weighted by molar-refractivity contribution is 0.778. The third-order valence-corrected chi connectivity index (χ3v) is 9.49. The summed E-state index contributed by atoms with van der Waals surface area (Å²) < 4.78 is 2.00. The second kappa shape index (κ2) is 11.9. The van der Waals surface area contributed by atoms with Crippen LogP contribution in [0.1, 0.15) is 0 Å². The van der Waals surface area contributed by atoms with E-state index in [-0.39, 0.29) is 33.2 Å². The zero-order valence-corrected chi connectivity index (χ0v) is 28.0. The first kappa shape index (κ1) is 31.2. The van der Waals surface area contributed by atoms with Crippen LogP contribution in [0.3, 0.4) is 0 Å². The maximum absolute atomic E-state index is 14.4. The number of aromatic nitrogens is 8. The third-order valence-electron chi connectivity index (χ3n) is 8.83. The summed E-state index contributed by atoms with van der Waals surface area (Å²) in [5.41, 5.74) is -0.145. The summed E-state index contributed by atoms with van der Waals surface area (Å²) in [6.07, 6.45) is 3.12. The van der Waals surface area contributed by atoms with Gasteiger partial charge in [-0.15, -0.1) is 0 Å². The summed E-state index contributed by atoms with van der Waals surface area (Å²) in [6.45, 7) is 0. The predicted molar refractivity (Wildman–Crippen MR) is 201 cm³/mol. The number of halogens is 2. The van der Waals surface area contributed by atoms with Gasteiger partial charge in [0.1, 0.15) is 0 Å². The lowest BCUT2D eigenvalue weighted by Crippen LogP contribution is -2.32. The molecular formula is C38H20Cl2N8O4. The molecule has 3 aromatic carbocycles. The maximum atomic E-state index is 14.4. The van der Waals surface area contributed by atoms with Crippen LogP contribution in [0, 0.1) is 0 Å². The molecule has 0 unspecified atom stereocenters. The molecule has 9 aromatic rings. The van der Waals surface area contributed by atoms with E-state index >= 15 is 0 Å². The molecule has 0 aliphatic carbocycles. The van der Waals surface area contributed by atoms with Crippen molar-refractivity contribution in [3.05, 3.63) is 161 Å². The highest BCUT2D eigenvalue weighted by Crippen LogP contribution is 2.34. The Labute approximate surface area is 300 Å². The SMILES string of the molecule is O=c1[nH]n(-c2nc3ncccc3cc2-c2ccccc2Cl)c(=O)c2cc3c(=O)n(-c4nc5ncccc5cc4-c4ccccc4Cl)[nH]c(=O)c3cc12. The number of hydrogen-bond acceptors (Lipinski definition) is 8. The topological polar surface area (TPSA) is 161 Å². The summed E-state index contributed by atoms with van der Waals surface area (Å²) in [6, 6.07) is 27.2. The smallest absolute Gasteiger partial charge is 0.267 e. The van der Waals surface area contributed by atoms with E-state index in [0.717, 1.165) is 9.36 Å². The number of hydrogen-bond donors (Lipinski definition) is 2. The highest BCUT2D eigenvalue weighted by atomic mass is 35.5. The Kier molecular flexibility index (Phi) is 7.17. The highest BCUT2D eigenvalue weighted by Gasteiger charge is 2.22. The van der Waals surface area contributed by atoms with Gasteiger partial charge in [0.05, 0.1) is 21.5 Å². The van der Waals surface area contributed by atoms with E-state index in [1.807, 2.05) is 12.1 Å². The largest absolute Gasteiger partial charge is 0.279 e. The van der Waals surface area contributed by atoms with Gasteiger partial charge in [0.25, 0.3) is 22.2 Å². The van der Waals surface area contributed by atoms with Crippen LogP contribution >= 0.6 is 23.2 Å². The lowest BCUT2D eigenvalue weighted by Gasteiger charge is -2.15. The highest BCUT2D eigenvalue weighted by molar-refractivity contribution is 6.34. The van der Waals surface area contributed by atoms with Crippen LogP contribution in [0.4, 0.5) is 0 Å². The van der Waals surface area contributed by atoms with Gasteiger partial charge in [0, 0.05) is 55.5 Å². The average molecular weight is 724 g/mol. The molecule has 0 bridgehead atoms. The Bertz CT molecular complexity index is 3010. The van der Waals surface area contributed by atoms with Gasteiger partial charge in [0.15, 0.2) is 22.9 Å². The van der Waals surface area contributed by atoms with Crippen molar-refractivity contribution in [1.29, 1.82) is 0 Å². The van der Waals surface area contributed by atoms with Crippen LogP contribution in [0.5, 0.6) is 0 Å². The first-order valence-corrected chi connectivity index (χ1v) is 16.5. The van der Waals surface area contributed by atoms with Crippen molar-refractivity contribution in [3.63, 3.8) is 0 Å². The van der Waals surface area contributed by atoms with E-state index in [9.17, 15) is 19.2 Å². The minimum atomic E-state index is -0.705. The molecule has 0 amide bonds. The van der Waals surface area contributed by atoms with E-state index in [1.54, 1.807) is 85.2 Å². The average Bonchev–Trinajstić information content (AvgIpc) is 3.16. The van der Waals surface area contributed by atoms with Gasteiger partial charge in [-0.1, -0.05) is 59.6 Å². The number of rotatable bonds is 4. The van der Waals surface area contributed by atoms with Crippen LogP contribution in [0.25, 0.3) is 77.5 Å². The van der Waals surface area contributed by atoms with Crippen molar-refractivity contribution in [3.8, 4) is 33.9 Å². The number of nitrogens with one attached hydrogen (secondary N) is 2. The molecule has 0 radical (unpaired) electrons. The molecule has 52 heavy (non-hydrogen) atoms. The number of aromatic amines is 2. The molecule has 14 heteroatoms. The minimum Gasteiger partial charge on any atom is -0.267 e. The number of fused-ring (bicyclic) bond motifs is 4. The van der Waals surface area contributed by atoms with Crippen LogP contribution in [0.2, 0.25) is 10.0 Å². The van der Waals surface area contributed by atoms with Gasteiger partial charge in [-0.25, -0.2) is 19.9 Å². The summed E-state index contributed by atoms with van der Waals surface area (Å²) >= 11 is 13.2. The van der Waals surface area contributed by atoms with Gasteiger partial charge in [-0.2, -0.15) is 9.36 Å². The number of benzene rings is 3. The fraction of sp³-hybridized carbons (Fsp3) is 0. The molecule has 6 aromatic heterocycles. The molecule has 9 rings (SSSR count). The molecular weight excluding hydrogens is 703 g/mol. The first-order valence-electron chi connectivity index (χ1n) is 15.8. The van der Waals surface area contributed by atoms with Gasteiger partial charge in [-0.05, 0) is 60.7 Å². The Balaban J connectivity index is 1.33. The Hall–Kier alpha value is -6.76. The Morgan fingerprint density at radius 1 is 0.481 bits per heavy atom. The number of H-pyrrole nitrogens is 2. The van der Waals surface area contributed by atoms with Crippen molar-refractivity contribution in [2.75, 3.05) is 0 Å². The summed E-state index contributed by atoms with van der Waals surface area (Å²) in [7, 11) is 0. The molecule has 0 spiro atoms. The fourth-order valence-corrected chi connectivity index (χ4v) is 6.86. The maximum Gasteiger partial charge on any atom is 0.279 e. The molecule has 250 valence electrons. The molecule has 0 atom stereocenters. The van der Waals surface area contributed by atoms with Crippen molar-refractivity contribution in [2.24, 2.45) is 0 Å². The molecule has 2 N–H and O–H groups in total. The van der Waals surface area contributed by atoms with E-state index in [2.05, 4.69) is 30.1 Å². The van der Waals surface area contributed by atoms with Crippen molar-refractivity contribution in [1.82, 2.24) is 39.5 Å².